The fraction of sp³-hybridized carbons (Fsp3) is 0. The molecule has 1 aliphatic carbocycles. The van der Waals surface area contributed by atoms with Crippen molar-refractivity contribution in [3.05, 3.63) is 47.8 Å². The minimum absolute atomic E-state index is 0.0394. The van der Waals surface area contributed by atoms with Crippen molar-refractivity contribution in [2.45, 2.75) is 0 Å². The molecular weight excluding hydrogens is 156 g/mol. The molecule has 0 aliphatic heterocycles. The van der Waals surface area contributed by atoms with Crippen molar-refractivity contribution < 1.29 is 15.0 Å². The summed E-state index contributed by atoms with van der Waals surface area (Å²) in [5, 5.41) is 17.5. The number of rotatable bonds is 2. The zero-order valence-electron chi connectivity index (χ0n) is 6.27. The Bertz CT molecular complexity index is 292. The number of hydrogen-bond donors (Lipinski definition) is 2. The van der Waals surface area contributed by atoms with E-state index < -0.39 is 5.97 Å². The number of allylic oxidation sites excluding steroid dienone is 6. The van der Waals surface area contributed by atoms with Gasteiger partial charge in [-0.2, -0.15) is 0 Å². The Kier molecular flexibility index (Phi) is 2.48. The predicted molar refractivity (Wildman–Crippen MR) is 44.7 cm³/mol. The third kappa shape index (κ3) is 2.12. The van der Waals surface area contributed by atoms with Crippen molar-refractivity contribution in [1.82, 2.24) is 0 Å². The molecule has 0 bridgehead atoms. The van der Waals surface area contributed by atoms with Gasteiger partial charge in [0, 0.05) is 11.6 Å². The first-order valence-corrected chi connectivity index (χ1v) is 3.39. The summed E-state index contributed by atoms with van der Waals surface area (Å²) in [5.74, 6) is -1.12. The fourth-order valence-corrected chi connectivity index (χ4v) is 0.791. The summed E-state index contributed by atoms with van der Waals surface area (Å²) >= 11 is 0. The summed E-state index contributed by atoms with van der Waals surface area (Å²) in [6, 6.07) is 0. The largest absolute Gasteiger partial charge is 0.507 e. The Hall–Kier alpha value is -1.77. The Morgan fingerprint density at radius 1 is 1.17 bits per heavy atom. The number of hydrogen-bond acceptors (Lipinski definition) is 2. The molecule has 12 heavy (non-hydrogen) atoms. The standard InChI is InChI=1S/C9H8O3/c10-8(5-6-9(11)12)7-3-1-2-4-7/h1-6,10H,(H,11,12). The first-order valence-electron chi connectivity index (χ1n) is 3.39. The quantitative estimate of drug-likeness (QED) is 0.481. The van der Waals surface area contributed by atoms with Gasteiger partial charge in [-0.1, -0.05) is 24.3 Å². The smallest absolute Gasteiger partial charge is 0.328 e. The molecule has 0 saturated heterocycles. The molecule has 1 aliphatic rings. The molecule has 0 spiro atoms. The van der Waals surface area contributed by atoms with E-state index in [9.17, 15) is 9.90 Å². The highest BCUT2D eigenvalue weighted by Gasteiger charge is 1.98. The molecule has 2 N–H and O–H groups in total. The van der Waals surface area contributed by atoms with E-state index in [1.165, 1.54) is 0 Å². The van der Waals surface area contributed by atoms with Crippen LogP contribution in [-0.4, -0.2) is 16.2 Å². The summed E-state index contributed by atoms with van der Waals surface area (Å²) in [6.45, 7) is 0. The van der Waals surface area contributed by atoms with E-state index in [-0.39, 0.29) is 5.76 Å². The van der Waals surface area contributed by atoms with E-state index in [4.69, 9.17) is 5.11 Å². The second kappa shape index (κ2) is 3.57. The maximum Gasteiger partial charge on any atom is 0.328 e. The fourth-order valence-electron chi connectivity index (χ4n) is 0.791. The average molecular weight is 164 g/mol. The second-order valence-electron chi connectivity index (χ2n) is 2.23. The van der Waals surface area contributed by atoms with Crippen LogP contribution in [0.5, 0.6) is 0 Å². The van der Waals surface area contributed by atoms with Crippen LogP contribution < -0.4 is 0 Å². The second-order valence-corrected chi connectivity index (χ2v) is 2.23. The van der Waals surface area contributed by atoms with E-state index in [1.54, 1.807) is 24.3 Å². The molecule has 1 rings (SSSR count). The first-order chi connectivity index (χ1) is 5.70. The molecule has 0 atom stereocenters. The van der Waals surface area contributed by atoms with Gasteiger partial charge in [0.15, 0.2) is 0 Å². The van der Waals surface area contributed by atoms with Crippen LogP contribution >= 0.6 is 0 Å². The molecule has 0 unspecified atom stereocenters. The maximum atomic E-state index is 10.1. The van der Waals surface area contributed by atoms with Gasteiger partial charge in [-0.05, 0) is 6.08 Å². The lowest BCUT2D eigenvalue weighted by Crippen LogP contribution is -1.88. The summed E-state index contributed by atoms with van der Waals surface area (Å²) in [7, 11) is 0. The van der Waals surface area contributed by atoms with Crippen LogP contribution in [-0.2, 0) is 4.79 Å². The van der Waals surface area contributed by atoms with Crippen molar-refractivity contribution in [2.24, 2.45) is 0 Å². The topological polar surface area (TPSA) is 57.5 Å². The lowest BCUT2D eigenvalue weighted by molar-refractivity contribution is -0.131. The summed E-state index contributed by atoms with van der Waals surface area (Å²) in [4.78, 5) is 10.1. The van der Waals surface area contributed by atoms with Gasteiger partial charge in [-0.25, -0.2) is 4.79 Å². The van der Waals surface area contributed by atoms with Crippen molar-refractivity contribution in [3.63, 3.8) is 0 Å². The molecule has 0 amide bonds. The van der Waals surface area contributed by atoms with Crippen molar-refractivity contribution >= 4 is 5.97 Å². The van der Waals surface area contributed by atoms with Crippen LogP contribution in [0.4, 0.5) is 0 Å². The van der Waals surface area contributed by atoms with Crippen molar-refractivity contribution in [2.75, 3.05) is 0 Å². The van der Waals surface area contributed by atoms with Crippen molar-refractivity contribution in [1.29, 1.82) is 0 Å². The molecule has 0 saturated carbocycles. The van der Waals surface area contributed by atoms with E-state index in [0.717, 1.165) is 12.2 Å². The molecule has 0 radical (unpaired) electrons. The van der Waals surface area contributed by atoms with Crippen LogP contribution in [0.2, 0.25) is 0 Å². The Morgan fingerprint density at radius 2 is 1.75 bits per heavy atom. The van der Waals surface area contributed by atoms with Gasteiger partial charge in [0.25, 0.3) is 0 Å². The molecule has 0 aromatic heterocycles. The third-order valence-corrected chi connectivity index (χ3v) is 1.34. The Morgan fingerprint density at radius 3 is 2.25 bits per heavy atom. The molecule has 0 aromatic rings. The molecule has 0 heterocycles. The zero-order chi connectivity index (χ0) is 8.97. The van der Waals surface area contributed by atoms with Gasteiger partial charge >= 0.3 is 5.97 Å². The molecule has 3 nitrogen and oxygen atoms in total. The molecular formula is C9H8O3. The Balaban J connectivity index is 2.76. The lowest BCUT2D eigenvalue weighted by Gasteiger charge is -1.92. The highest BCUT2D eigenvalue weighted by molar-refractivity contribution is 5.80. The summed E-state index contributed by atoms with van der Waals surface area (Å²) < 4.78 is 0. The van der Waals surface area contributed by atoms with E-state index in [0.29, 0.717) is 5.57 Å². The lowest BCUT2D eigenvalue weighted by atomic mass is 10.2. The molecule has 3 heteroatoms. The number of aliphatic hydroxyl groups excluding tert-OH is 1. The van der Waals surface area contributed by atoms with E-state index in [1.807, 2.05) is 0 Å². The minimum Gasteiger partial charge on any atom is -0.507 e. The number of carboxylic acid groups (broad SMARTS) is 1. The van der Waals surface area contributed by atoms with Crippen LogP contribution in [0.15, 0.2) is 47.8 Å². The minimum atomic E-state index is -1.08. The molecule has 0 aromatic carbocycles. The number of aliphatic hydroxyl groups is 1. The summed E-state index contributed by atoms with van der Waals surface area (Å²) in [5.41, 5.74) is 0.618. The van der Waals surface area contributed by atoms with E-state index in [2.05, 4.69) is 0 Å². The maximum absolute atomic E-state index is 10.1. The zero-order valence-corrected chi connectivity index (χ0v) is 6.27. The van der Waals surface area contributed by atoms with Crippen LogP contribution in [0.25, 0.3) is 0 Å². The SMILES string of the molecule is O=C(O)C=CC(O)=C1C=CC=C1. The molecule has 62 valence electrons. The van der Waals surface area contributed by atoms with Crippen LogP contribution in [0.1, 0.15) is 0 Å². The highest BCUT2D eigenvalue weighted by atomic mass is 16.4. The van der Waals surface area contributed by atoms with Gasteiger partial charge < -0.3 is 10.2 Å². The Labute approximate surface area is 69.6 Å². The van der Waals surface area contributed by atoms with Gasteiger partial charge in [-0.15, -0.1) is 0 Å². The number of carbonyl (C=O) groups is 1. The third-order valence-electron chi connectivity index (χ3n) is 1.34. The summed E-state index contributed by atoms with van der Waals surface area (Å²) in [6.07, 6.45) is 8.96. The van der Waals surface area contributed by atoms with Gasteiger partial charge in [-0.3, -0.25) is 0 Å². The predicted octanol–water partition coefficient (Wildman–Crippen LogP) is 1.57. The number of carboxylic acids is 1. The van der Waals surface area contributed by atoms with Gasteiger partial charge in [0.1, 0.15) is 5.76 Å². The molecule has 0 fully saturated rings. The van der Waals surface area contributed by atoms with Gasteiger partial charge in [0.05, 0.1) is 0 Å². The van der Waals surface area contributed by atoms with Gasteiger partial charge in [0.2, 0.25) is 0 Å². The average Bonchev–Trinajstić information content (AvgIpc) is 2.51. The van der Waals surface area contributed by atoms with Crippen LogP contribution in [0.3, 0.4) is 0 Å². The normalized spacial score (nSPS) is 14.5. The van der Waals surface area contributed by atoms with Crippen molar-refractivity contribution in [3.8, 4) is 0 Å². The first kappa shape index (κ1) is 8.33. The number of aliphatic carboxylic acids is 1. The monoisotopic (exact) mass is 164 g/mol. The van der Waals surface area contributed by atoms with Crippen LogP contribution in [0, 0.1) is 0 Å². The van der Waals surface area contributed by atoms with E-state index >= 15 is 0 Å². The highest BCUT2D eigenvalue weighted by Crippen LogP contribution is 2.11.